The molecule has 1 aliphatic rings. The van der Waals surface area contributed by atoms with Crippen molar-refractivity contribution in [2.45, 2.75) is 45.2 Å². The molecule has 1 saturated carbocycles. The average Bonchev–Trinajstić information content (AvgIpc) is 1.85. The summed E-state index contributed by atoms with van der Waals surface area (Å²) in [5.41, 5.74) is 0. The minimum atomic E-state index is -0.645. The second-order valence-electron chi connectivity index (χ2n) is 3.54. The Kier molecular flexibility index (Phi) is 3.03. The highest BCUT2D eigenvalue weighted by Crippen LogP contribution is 2.28. The standard InChI is InChI=1S/C9H15FO/c1-7(11)5-8-3-2-4-9(10)6-8/h8-9H,2-6H2,1H3. The van der Waals surface area contributed by atoms with Crippen molar-refractivity contribution in [3.05, 3.63) is 0 Å². The molecule has 0 N–H and O–H groups in total. The second kappa shape index (κ2) is 3.84. The van der Waals surface area contributed by atoms with Crippen LogP contribution in [0.4, 0.5) is 4.39 Å². The van der Waals surface area contributed by atoms with Crippen LogP contribution in [0, 0.1) is 5.92 Å². The van der Waals surface area contributed by atoms with Crippen LogP contribution in [0.3, 0.4) is 0 Å². The van der Waals surface area contributed by atoms with Crippen LogP contribution < -0.4 is 0 Å². The third kappa shape index (κ3) is 3.00. The van der Waals surface area contributed by atoms with Crippen molar-refractivity contribution in [3.8, 4) is 0 Å². The normalized spacial score (nSPS) is 31.8. The fraction of sp³-hybridized carbons (Fsp3) is 0.889. The number of ketones is 1. The fourth-order valence-electron chi connectivity index (χ4n) is 1.82. The lowest BCUT2D eigenvalue weighted by Gasteiger charge is -2.23. The maximum absolute atomic E-state index is 12.8. The van der Waals surface area contributed by atoms with Crippen molar-refractivity contribution in [1.29, 1.82) is 0 Å². The van der Waals surface area contributed by atoms with Gasteiger partial charge in [-0.1, -0.05) is 6.42 Å². The molecule has 0 radical (unpaired) electrons. The van der Waals surface area contributed by atoms with Crippen LogP contribution in [0.2, 0.25) is 0 Å². The third-order valence-corrected chi connectivity index (χ3v) is 2.29. The van der Waals surface area contributed by atoms with Crippen molar-refractivity contribution in [1.82, 2.24) is 0 Å². The quantitative estimate of drug-likeness (QED) is 0.603. The van der Waals surface area contributed by atoms with Gasteiger partial charge in [-0.05, 0) is 32.1 Å². The summed E-state index contributed by atoms with van der Waals surface area (Å²) in [6.07, 6.45) is 3.25. The molecule has 0 spiro atoms. The monoisotopic (exact) mass is 158 g/mol. The Morgan fingerprint density at radius 3 is 2.82 bits per heavy atom. The van der Waals surface area contributed by atoms with E-state index in [1.807, 2.05) is 0 Å². The summed E-state index contributed by atoms with van der Waals surface area (Å²) in [5, 5.41) is 0. The Bertz CT molecular complexity index is 144. The maximum Gasteiger partial charge on any atom is 0.130 e. The van der Waals surface area contributed by atoms with Crippen LogP contribution in [0.1, 0.15) is 39.0 Å². The molecule has 0 aromatic carbocycles. The van der Waals surface area contributed by atoms with E-state index in [4.69, 9.17) is 0 Å². The van der Waals surface area contributed by atoms with Crippen LogP contribution in [0.25, 0.3) is 0 Å². The Labute approximate surface area is 67.0 Å². The topological polar surface area (TPSA) is 17.1 Å². The smallest absolute Gasteiger partial charge is 0.130 e. The van der Waals surface area contributed by atoms with Gasteiger partial charge in [0, 0.05) is 6.42 Å². The maximum atomic E-state index is 12.8. The van der Waals surface area contributed by atoms with Crippen molar-refractivity contribution in [2.24, 2.45) is 5.92 Å². The van der Waals surface area contributed by atoms with Crippen LogP contribution in [-0.4, -0.2) is 12.0 Å². The predicted octanol–water partition coefficient (Wildman–Crippen LogP) is 2.49. The van der Waals surface area contributed by atoms with Gasteiger partial charge >= 0.3 is 0 Å². The molecule has 0 aromatic rings. The molecule has 1 nitrogen and oxygen atoms in total. The number of Topliss-reactive ketones (excluding diaryl/α,β-unsaturated/α-hetero) is 1. The summed E-state index contributed by atoms with van der Waals surface area (Å²) in [6.45, 7) is 1.59. The number of carbonyl (C=O) groups excluding carboxylic acids is 1. The first-order valence-electron chi connectivity index (χ1n) is 4.32. The number of hydrogen-bond donors (Lipinski definition) is 0. The molecule has 0 aliphatic heterocycles. The highest BCUT2D eigenvalue weighted by atomic mass is 19.1. The van der Waals surface area contributed by atoms with Crippen LogP contribution in [-0.2, 0) is 4.79 Å². The van der Waals surface area contributed by atoms with Crippen LogP contribution in [0.15, 0.2) is 0 Å². The van der Waals surface area contributed by atoms with E-state index < -0.39 is 6.17 Å². The summed E-state index contributed by atoms with van der Waals surface area (Å²) in [6, 6.07) is 0. The van der Waals surface area contributed by atoms with E-state index in [1.165, 1.54) is 0 Å². The molecule has 1 fully saturated rings. The van der Waals surface area contributed by atoms with Gasteiger partial charge in [-0.25, -0.2) is 4.39 Å². The van der Waals surface area contributed by atoms with E-state index in [1.54, 1.807) is 6.92 Å². The minimum Gasteiger partial charge on any atom is -0.300 e. The number of rotatable bonds is 2. The lowest BCUT2D eigenvalue weighted by atomic mass is 9.85. The van der Waals surface area contributed by atoms with Crippen molar-refractivity contribution in [2.75, 3.05) is 0 Å². The summed E-state index contributed by atoms with van der Waals surface area (Å²) >= 11 is 0. The number of hydrogen-bond acceptors (Lipinski definition) is 1. The molecule has 0 saturated heterocycles. The fourth-order valence-corrected chi connectivity index (χ4v) is 1.82. The molecule has 2 heteroatoms. The zero-order chi connectivity index (χ0) is 8.27. The van der Waals surface area contributed by atoms with Gasteiger partial charge in [-0.3, -0.25) is 0 Å². The van der Waals surface area contributed by atoms with E-state index in [2.05, 4.69) is 0 Å². The first-order chi connectivity index (χ1) is 5.18. The largest absolute Gasteiger partial charge is 0.300 e. The Morgan fingerprint density at radius 1 is 1.55 bits per heavy atom. The average molecular weight is 158 g/mol. The Morgan fingerprint density at radius 2 is 2.27 bits per heavy atom. The lowest BCUT2D eigenvalue weighted by Crippen LogP contribution is -2.18. The van der Waals surface area contributed by atoms with Crippen molar-refractivity contribution >= 4 is 5.78 Å². The van der Waals surface area contributed by atoms with Gasteiger partial charge in [0.15, 0.2) is 0 Å². The van der Waals surface area contributed by atoms with Gasteiger partial charge in [-0.2, -0.15) is 0 Å². The summed E-state index contributed by atoms with van der Waals surface area (Å²) in [4.78, 5) is 10.7. The molecule has 0 heterocycles. The summed E-state index contributed by atoms with van der Waals surface area (Å²) in [5.74, 6) is 0.528. The predicted molar refractivity (Wildman–Crippen MR) is 42.2 cm³/mol. The summed E-state index contributed by atoms with van der Waals surface area (Å²) < 4.78 is 12.8. The van der Waals surface area contributed by atoms with Gasteiger partial charge in [0.25, 0.3) is 0 Å². The third-order valence-electron chi connectivity index (χ3n) is 2.29. The first-order valence-corrected chi connectivity index (χ1v) is 4.32. The minimum absolute atomic E-state index is 0.198. The van der Waals surface area contributed by atoms with Gasteiger partial charge in [0.05, 0.1) is 0 Å². The molecular formula is C9H15FO. The molecule has 0 amide bonds. The zero-order valence-electron chi connectivity index (χ0n) is 6.98. The first kappa shape index (κ1) is 8.69. The molecule has 1 rings (SSSR count). The molecule has 0 aromatic heterocycles. The molecule has 1 aliphatic carbocycles. The molecule has 2 atom stereocenters. The van der Waals surface area contributed by atoms with E-state index in [9.17, 15) is 9.18 Å². The molecular weight excluding hydrogens is 143 g/mol. The Hall–Kier alpha value is -0.400. The number of carbonyl (C=O) groups is 1. The Balaban J connectivity index is 2.28. The second-order valence-corrected chi connectivity index (χ2v) is 3.54. The van der Waals surface area contributed by atoms with Crippen LogP contribution in [0.5, 0.6) is 0 Å². The van der Waals surface area contributed by atoms with E-state index >= 15 is 0 Å². The van der Waals surface area contributed by atoms with E-state index in [0.29, 0.717) is 25.2 Å². The SMILES string of the molecule is CC(=O)CC1CCCC(F)C1. The highest BCUT2D eigenvalue weighted by molar-refractivity contribution is 5.75. The number of alkyl halides is 1. The summed E-state index contributed by atoms with van der Waals surface area (Å²) in [7, 11) is 0. The zero-order valence-corrected chi connectivity index (χ0v) is 6.98. The van der Waals surface area contributed by atoms with Gasteiger partial charge in [0.1, 0.15) is 12.0 Å². The van der Waals surface area contributed by atoms with Gasteiger partial charge < -0.3 is 4.79 Å². The molecule has 11 heavy (non-hydrogen) atoms. The molecule has 2 unspecified atom stereocenters. The van der Waals surface area contributed by atoms with E-state index in [-0.39, 0.29) is 5.78 Å². The van der Waals surface area contributed by atoms with E-state index in [0.717, 1.165) is 12.8 Å². The lowest BCUT2D eigenvalue weighted by molar-refractivity contribution is -0.118. The van der Waals surface area contributed by atoms with Gasteiger partial charge in [-0.15, -0.1) is 0 Å². The molecule has 0 bridgehead atoms. The van der Waals surface area contributed by atoms with Gasteiger partial charge in [0.2, 0.25) is 0 Å². The van der Waals surface area contributed by atoms with Crippen molar-refractivity contribution < 1.29 is 9.18 Å². The number of halogens is 1. The van der Waals surface area contributed by atoms with Crippen molar-refractivity contribution in [3.63, 3.8) is 0 Å². The molecule has 64 valence electrons. The van der Waals surface area contributed by atoms with Crippen LogP contribution >= 0.6 is 0 Å². The highest BCUT2D eigenvalue weighted by Gasteiger charge is 2.21.